The molecule has 0 aromatic carbocycles. The molecule has 30 valence electrons. The molecule has 4 heteroatoms. The fraction of sp³-hybridized carbons (Fsp3) is 0. The van der Waals surface area contributed by atoms with Gasteiger partial charge in [-0.2, -0.15) is 0 Å². The Bertz CT molecular complexity index is 4.00. The summed E-state index contributed by atoms with van der Waals surface area (Å²) < 4.78 is 0. The maximum atomic E-state index is 6.00. The van der Waals surface area contributed by atoms with E-state index in [4.69, 9.17) is 10.5 Å². The SMILES string of the molecule is N.N.OO. The molecule has 4 nitrogen and oxygen atoms in total. The first-order valence-electron chi connectivity index (χ1n) is 0.200. The van der Waals surface area contributed by atoms with Crippen LogP contribution in [0.25, 0.3) is 0 Å². The van der Waals surface area contributed by atoms with Gasteiger partial charge in [0, 0.05) is 0 Å². The zero-order chi connectivity index (χ0) is 2.00. The number of rotatable bonds is 0. The quantitative estimate of drug-likeness (QED) is 0.242. The van der Waals surface area contributed by atoms with Gasteiger partial charge in [-0.3, -0.25) is 10.5 Å². The molecule has 0 aromatic heterocycles. The molecule has 0 amide bonds. The van der Waals surface area contributed by atoms with E-state index in [1.165, 1.54) is 0 Å². The highest BCUT2D eigenvalue weighted by Crippen LogP contribution is 0.711. The van der Waals surface area contributed by atoms with Crippen molar-refractivity contribution >= 4 is 0 Å². The first-order valence-corrected chi connectivity index (χ1v) is 0.200. The Morgan fingerprint density at radius 3 is 0.750 bits per heavy atom. The Morgan fingerprint density at radius 1 is 0.750 bits per heavy atom. The molecule has 0 radical (unpaired) electrons. The summed E-state index contributed by atoms with van der Waals surface area (Å²) in [5.74, 6) is 0. The van der Waals surface area contributed by atoms with Crippen LogP contribution in [0.2, 0.25) is 0 Å². The van der Waals surface area contributed by atoms with E-state index in [2.05, 4.69) is 0 Å². The van der Waals surface area contributed by atoms with Crippen LogP contribution in [0.3, 0.4) is 0 Å². The molecule has 0 spiro atoms. The van der Waals surface area contributed by atoms with Gasteiger partial charge in [0.05, 0.1) is 0 Å². The van der Waals surface area contributed by atoms with Crippen LogP contribution in [0.5, 0.6) is 0 Å². The van der Waals surface area contributed by atoms with Crippen molar-refractivity contribution in [2.75, 3.05) is 0 Å². The predicted octanol–water partition coefficient (Wildman–Crippen LogP) is 0.341. The van der Waals surface area contributed by atoms with Crippen LogP contribution in [-0.4, -0.2) is 10.5 Å². The van der Waals surface area contributed by atoms with E-state index in [9.17, 15) is 0 Å². The molecular formula is H8N2O2. The minimum absolute atomic E-state index is 0. The summed E-state index contributed by atoms with van der Waals surface area (Å²) in [6.07, 6.45) is 0. The monoisotopic (exact) mass is 68.1 g/mol. The minimum atomic E-state index is 0. The van der Waals surface area contributed by atoms with Gasteiger partial charge in [0.25, 0.3) is 0 Å². The first-order chi connectivity index (χ1) is 1.00. The summed E-state index contributed by atoms with van der Waals surface area (Å²) >= 11 is 0. The van der Waals surface area contributed by atoms with Crippen LogP contribution >= 0.6 is 0 Å². The second kappa shape index (κ2) is 376. The van der Waals surface area contributed by atoms with Crippen molar-refractivity contribution in [1.82, 2.24) is 12.3 Å². The smallest absolute Gasteiger partial charge is 0.255 e. The molecule has 0 aliphatic carbocycles. The molecule has 0 rings (SSSR count). The van der Waals surface area contributed by atoms with Crippen molar-refractivity contribution in [2.24, 2.45) is 0 Å². The van der Waals surface area contributed by atoms with Crippen LogP contribution in [-0.2, 0) is 0 Å². The zero-order valence-corrected chi connectivity index (χ0v) is 2.31. The normalized spacial score (nSPS) is 1.50. The summed E-state index contributed by atoms with van der Waals surface area (Å²) in [5, 5.41) is 12.0. The van der Waals surface area contributed by atoms with Crippen molar-refractivity contribution in [3.8, 4) is 0 Å². The van der Waals surface area contributed by atoms with E-state index in [0.717, 1.165) is 0 Å². The third-order valence-corrected chi connectivity index (χ3v) is 0. The van der Waals surface area contributed by atoms with Gasteiger partial charge in [-0.25, -0.2) is 0 Å². The summed E-state index contributed by atoms with van der Waals surface area (Å²) in [6, 6.07) is 0. The van der Waals surface area contributed by atoms with Crippen molar-refractivity contribution in [1.29, 1.82) is 0 Å². The fourth-order valence-electron chi connectivity index (χ4n) is 0. The third-order valence-electron chi connectivity index (χ3n) is 0. The van der Waals surface area contributed by atoms with E-state index < -0.39 is 0 Å². The lowest BCUT2D eigenvalue weighted by molar-refractivity contribution is -0.176. The maximum absolute atomic E-state index is 6.00. The predicted molar refractivity (Wildman–Crippen MR) is 15.3 cm³/mol. The van der Waals surface area contributed by atoms with Crippen LogP contribution in [0.4, 0.5) is 0 Å². The second-order valence-corrected chi connectivity index (χ2v) is 0. The van der Waals surface area contributed by atoms with E-state index in [1.807, 2.05) is 0 Å². The molecule has 0 unspecified atom stereocenters. The van der Waals surface area contributed by atoms with E-state index in [1.54, 1.807) is 0 Å². The topological polar surface area (TPSA) is 110 Å². The highest BCUT2D eigenvalue weighted by Gasteiger charge is 0.745. The highest BCUT2D eigenvalue weighted by molar-refractivity contribution is 2.14. The summed E-state index contributed by atoms with van der Waals surface area (Å²) in [5.41, 5.74) is 0. The largest absolute Gasteiger partial charge is 0.344 e. The molecule has 8 N–H and O–H groups in total. The van der Waals surface area contributed by atoms with Crippen molar-refractivity contribution < 1.29 is 10.5 Å². The lowest BCUT2D eigenvalue weighted by Crippen LogP contribution is -1.29. The van der Waals surface area contributed by atoms with Gasteiger partial charge >= 0.3 is 0 Å². The number of hydrogen-bond acceptors (Lipinski definition) is 4. The average molecular weight is 68.1 g/mol. The Kier molecular flexibility index (Phi) is 4120. The molecule has 0 aliphatic rings. The van der Waals surface area contributed by atoms with Crippen molar-refractivity contribution in [3.05, 3.63) is 0 Å². The van der Waals surface area contributed by atoms with Crippen LogP contribution in [0.1, 0.15) is 0 Å². The highest BCUT2D eigenvalue weighted by atomic mass is 17.0. The second-order valence-electron chi connectivity index (χ2n) is 0. The van der Waals surface area contributed by atoms with Crippen LogP contribution in [0.15, 0.2) is 0 Å². The maximum Gasteiger partial charge on any atom is -0.255 e. The van der Waals surface area contributed by atoms with E-state index in [-0.39, 0.29) is 12.3 Å². The lowest BCUT2D eigenvalue weighted by Gasteiger charge is -1.25. The molecule has 0 bridgehead atoms. The third kappa shape index (κ3) is 50.7. The van der Waals surface area contributed by atoms with Crippen LogP contribution in [0, 0.1) is 0 Å². The molecule has 0 aliphatic heterocycles. The lowest BCUT2D eigenvalue weighted by atomic mass is 14.0. The Morgan fingerprint density at radius 2 is 0.750 bits per heavy atom. The Hall–Kier alpha value is -0.160. The summed E-state index contributed by atoms with van der Waals surface area (Å²) in [4.78, 5) is 0. The molecule has 0 saturated carbocycles. The average Bonchev–Trinajstić information content (AvgIpc) is 1.00. The number of hydrogen-bond donors (Lipinski definition) is 4. The van der Waals surface area contributed by atoms with Gasteiger partial charge in [0.15, 0.2) is 0 Å². The van der Waals surface area contributed by atoms with Gasteiger partial charge < -0.3 is 12.3 Å². The van der Waals surface area contributed by atoms with E-state index in [0.29, 0.717) is 0 Å². The Labute approximate surface area is 24.2 Å². The van der Waals surface area contributed by atoms with Gasteiger partial charge in [-0.05, 0) is 0 Å². The minimum Gasteiger partial charge on any atom is -0.344 e. The molecule has 0 fully saturated rings. The van der Waals surface area contributed by atoms with Gasteiger partial charge in [-0.15, -0.1) is 0 Å². The van der Waals surface area contributed by atoms with Crippen molar-refractivity contribution in [3.63, 3.8) is 0 Å². The standard InChI is InChI=1S/2H3N.H2O2/c;;1-2/h2*1H3;1-2H. The summed E-state index contributed by atoms with van der Waals surface area (Å²) in [6.45, 7) is 0. The summed E-state index contributed by atoms with van der Waals surface area (Å²) in [7, 11) is 0. The zero-order valence-electron chi connectivity index (χ0n) is 2.31. The molecule has 0 heterocycles. The molecule has 4 heavy (non-hydrogen) atoms. The van der Waals surface area contributed by atoms with Gasteiger partial charge in [-0.1, -0.05) is 0 Å². The fourth-order valence-corrected chi connectivity index (χ4v) is 0. The Balaban J connectivity index is -0.00000000500. The van der Waals surface area contributed by atoms with E-state index >= 15 is 0 Å². The molecular weight excluding hydrogens is 60.0 g/mol. The van der Waals surface area contributed by atoms with Crippen LogP contribution < -0.4 is 12.3 Å². The van der Waals surface area contributed by atoms with Crippen molar-refractivity contribution in [2.45, 2.75) is 0 Å². The molecule has 0 aromatic rings. The first kappa shape index (κ1) is 43.9. The van der Waals surface area contributed by atoms with Gasteiger partial charge in [0.2, 0.25) is 0 Å². The molecule has 0 saturated heterocycles. The molecule has 0 atom stereocenters. The van der Waals surface area contributed by atoms with Gasteiger partial charge in [0.1, 0.15) is 0 Å².